The molecule has 5 nitrogen and oxygen atoms in total. The highest BCUT2D eigenvalue weighted by molar-refractivity contribution is 5.93. The summed E-state index contributed by atoms with van der Waals surface area (Å²) in [6, 6.07) is 7.51. The van der Waals surface area contributed by atoms with Crippen LogP contribution >= 0.6 is 0 Å². The zero-order valence-corrected chi connectivity index (χ0v) is 22.1. The number of hydrogen-bond donors (Lipinski definition) is 1. The minimum atomic E-state index is -4.76. The molecule has 39 heavy (non-hydrogen) atoms. The van der Waals surface area contributed by atoms with Crippen LogP contribution in [0.4, 0.5) is 18.9 Å². The van der Waals surface area contributed by atoms with E-state index in [9.17, 15) is 27.6 Å². The molecule has 2 N–H and O–H groups in total. The normalized spacial score (nSPS) is 31.8. The number of nitrogen functional groups attached to an aromatic ring is 1. The first kappa shape index (κ1) is 27.2. The number of esters is 1. The fourth-order valence-electron chi connectivity index (χ4n) is 7.92. The number of hydrogen-bond acceptors (Lipinski definition) is 5. The van der Waals surface area contributed by atoms with E-state index in [0.29, 0.717) is 31.4 Å². The van der Waals surface area contributed by atoms with Gasteiger partial charge in [-0.2, -0.15) is 13.2 Å². The highest BCUT2D eigenvalue weighted by atomic mass is 19.4. The number of rotatable bonds is 4. The van der Waals surface area contributed by atoms with Crippen LogP contribution in [-0.4, -0.2) is 30.3 Å². The van der Waals surface area contributed by atoms with Crippen molar-refractivity contribution >= 4 is 23.2 Å². The SMILES string of the molecule is CC(=O)OCC(=O)[C@]1(C#CC(F)(F)F)CC[C@H]2[C@@H]3CCC4=CC(=O)CCC4=C3[C@@H](c3ccc(N)cc3)C[C@@]21C. The molecule has 8 heteroatoms. The highest BCUT2D eigenvalue weighted by Crippen LogP contribution is 2.69. The number of anilines is 1. The highest BCUT2D eigenvalue weighted by Gasteiger charge is 2.65. The quantitative estimate of drug-likeness (QED) is 0.295. The van der Waals surface area contributed by atoms with E-state index in [1.165, 1.54) is 24.0 Å². The minimum absolute atomic E-state index is 0.0442. The molecule has 0 spiro atoms. The number of Topliss-reactive ketones (excluding diaryl/α,β-unsaturated/α-hetero) is 1. The Morgan fingerprint density at radius 1 is 1.13 bits per heavy atom. The summed E-state index contributed by atoms with van der Waals surface area (Å²) in [5.74, 6) is 2.53. The number of carbonyl (C=O) groups excluding carboxylic acids is 3. The van der Waals surface area contributed by atoms with E-state index < -0.39 is 35.4 Å². The summed E-state index contributed by atoms with van der Waals surface area (Å²) >= 11 is 0. The lowest BCUT2D eigenvalue weighted by molar-refractivity contribution is -0.150. The van der Waals surface area contributed by atoms with Crippen molar-refractivity contribution in [3.8, 4) is 11.8 Å². The maximum Gasteiger partial charge on any atom is 0.457 e. The summed E-state index contributed by atoms with van der Waals surface area (Å²) in [4.78, 5) is 37.5. The zero-order chi connectivity index (χ0) is 28.2. The summed E-state index contributed by atoms with van der Waals surface area (Å²) in [5, 5.41) is 0. The molecule has 0 heterocycles. The molecule has 0 bridgehead atoms. The van der Waals surface area contributed by atoms with Crippen molar-refractivity contribution in [1.29, 1.82) is 0 Å². The van der Waals surface area contributed by atoms with Gasteiger partial charge < -0.3 is 10.5 Å². The van der Waals surface area contributed by atoms with Gasteiger partial charge in [0.15, 0.2) is 18.2 Å². The molecule has 0 aromatic heterocycles. The zero-order valence-electron chi connectivity index (χ0n) is 22.1. The molecule has 5 atom stereocenters. The van der Waals surface area contributed by atoms with E-state index >= 15 is 0 Å². The smallest absolute Gasteiger partial charge is 0.457 e. The van der Waals surface area contributed by atoms with Crippen molar-refractivity contribution in [2.75, 3.05) is 12.3 Å². The number of halogens is 3. The van der Waals surface area contributed by atoms with Gasteiger partial charge in [0.2, 0.25) is 0 Å². The predicted octanol–water partition coefficient (Wildman–Crippen LogP) is 5.85. The maximum absolute atomic E-state index is 13.7. The van der Waals surface area contributed by atoms with E-state index in [-0.39, 0.29) is 30.0 Å². The molecule has 206 valence electrons. The van der Waals surface area contributed by atoms with Gasteiger partial charge >= 0.3 is 12.1 Å². The molecule has 0 saturated heterocycles. The number of fused-ring (bicyclic) bond motifs is 4. The number of benzene rings is 1. The molecular weight excluding hydrogens is 507 g/mol. The van der Waals surface area contributed by atoms with Gasteiger partial charge in [-0.1, -0.05) is 30.6 Å². The Bertz CT molecular complexity index is 1350. The van der Waals surface area contributed by atoms with Crippen LogP contribution in [0.25, 0.3) is 0 Å². The second kappa shape index (κ2) is 9.69. The third-order valence-electron chi connectivity index (χ3n) is 9.57. The van der Waals surface area contributed by atoms with E-state index in [1.807, 2.05) is 31.2 Å². The van der Waals surface area contributed by atoms with Crippen molar-refractivity contribution in [2.45, 2.75) is 70.9 Å². The largest absolute Gasteiger partial charge is 0.458 e. The number of carbonyl (C=O) groups is 3. The molecule has 1 aromatic carbocycles. The third kappa shape index (κ3) is 4.70. The van der Waals surface area contributed by atoms with Crippen LogP contribution in [0.1, 0.15) is 70.3 Å². The summed E-state index contributed by atoms with van der Waals surface area (Å²) < 4.78 is 45.4. The lowest BCUT2D eigenvalue weighted by Crippen LogP contribution is -2.51. The van der Waals surface area contributed by atoms with Crippen LogP contribution in [0.5, 0.6) is 0 Å². The van der Waals surface area contributed by atoms with Gasteiger partial charge in [0, 0.05) is 30.9 Å². The molecule has 2 fully saturated rings. The molecule has 0 amide bonds. The lowest BCUT2D eigenvalue weighted by atomic mass is 9.48. The van der Waals surface area contributed by atoms with Crippen LogP contribution in [-0.2, 0) is 19.1 Å². The average Bonchev–Trinajstić information content (AvgIpc) is 3.18. The van der Waals surface area contributed by atoms with Gasteiger partial charge in [0.1, 0.15) is 0 Å². The molecule has 5 rings (SSSR count). The molecule has 4 aliphatic carbocycles. The van der Waals surface area contributed by atoms with Gasteiger partial charge in [-0.05, 0) is 90.7 Å². The summed E-state index contributed by atoms with van der Waals surface area (Å²) in [6.45, 7) is 2.46. The van der Waals surface area contributed by atoms with E-state index in [2.05, 4.69) is 5.92 Å². The first-order valence-corrected chi connectivity index (χ1v) is 13.4. The van der Waals surface area contributed by atoms with Crippen LogP contribution < -0.4 is 5.73 Å². The second-order valence-corrected chi connectivity index (χ2v) is 11.6. The molecule has 2 saturated carbocycles. The summed E-state index contributed by atoms with van der Waals surface area (Å²) in [6.07, 6.45) is 0.685. The van der Waals surface area contributed by atoms with Crippen molar-refractivity contribution in [3.05, 3.63) is 52.6 Å². The van der Waals surface area contributed by atoms with E-state index in [0.717, 1.165) is 24.0 Å². The van der Waals surface area contributed by atoms with Crippen molar-refractivity contribution < 1.29 is 32.3 Å². The maximum atomic E-state index is 13.7. The summed E-state index contributed by atoms with van der Waals surface area (Å²) in [7, 11) is 0. The average molecular weight is 540 g/mol. The Kier molecular flexibility index (Phi) is 6.77. The van der Waals surface area contributed by atoms with Crippen molar-refractivity contribution in [2.24, 2.45) is 22.7 Å². The standard InChI is InChI=1S/C31H32F3NO4/c1-18(36)39-17-27(38)30(13-14-31(32,33)34)12-11-26-24-9-5-20-15-22(37)8-10-23(20)28(24)25(16-29(26,30)2)19-3-6-21(35)7-4-19/h3-4,6-7,15,24-26H,5,8-12,16-17,35H2,1-2H3/t24-,25+,26-,29-,30+/m0/s1. The van der Waals surface area contributed by atoms with Gasteiger partial charge in [0.05, 0.1) is 5.41 Å². The third-order valence-corrected chi connectivity index (χ3v) is 9.57. The molecule has 0 unspecified atom stereocenters. The number of nitrogens with two attached hydrogens (primary N) is 1. The van der Waals surface area contributed by atoms with Crippen LogP contribution in [0.3, 0.4) is 0 Å². The number of ketones is 2. The molecule has 4 aliphatic rings. The van der Waals surface area contributed by atoms with Crippen molar-refractivity contribution in [1.82, 2.24) is 0 Å². The molecule has 1 aromatic rings. The Hall–Kier alpha value is -3.34. The van der Waals surface area contributed by atoms with Crippen LogP contribution in [0.15, 0.2) is 47.1 Å². The first-order chi connectivity index (χ1) is 18.3. The molecule has 0 aliphatic heterocycles. The van der Waals surface area contributed by atoms with E-state index in [4.69, 9.17) is 10.5 Å². The number of alkyl halides is 3. The topological polar surface area (TPSA) is 86.5 Å². The molecular formula is C31H32F3NO4. The fourth-order valence-corrected chi connectivity index (χ4v) is 7.92. The van der Waals surface area contributed by atoms with Crippen LogP contribution in [0.2, 0.25) is 0 Å². The minimum Gasteiger partial charge on any atom is -0.458 e. The Morgan fingerprint density at radius 3 is 2.51 bits per heavy atom. The first-order valence-electron chi connectivity index (χ1n) is 13.4. The Labute approximate surface area is 226 Å². The number of allylic oxidation sites excluding steroid dienone is 4. The summed E-state index contributed by atoms with van der Waals surface area (Å²) in [5.41, 5.74) is 8.56. The van der Waals surface area contributed by atoms with E-state index in [1.54, 1.807) is 6.08 Å². The van der Waals surface area contributed by atoms with Gasteiger partial charge in [-0.15, -0.1) is 0 Å². The Balaban J connectivity index is 1.69. The Morgan fingerprint density at radius 2 is 1.85 bits per heavy atom. The lowest BCUT2D eigenvalue weighted by Gasteiger charge is -2.54. The predicted molar refractivity (Wildman–Crippen MR) is 139 cm³/mol. The van der Waals surface area contributed by atoms with Crippen LogP contribution in [0, 0.1) is 34.5 Å². The van der Waals surface area contributed by atoms with Gasteiger partial charge in [0.25, 0.3) is 0 Å². The van der Waals surface area contributed by atoms with Gasteiger partial charge in [-0.3, -0.25) is 14.4 Å². The second-order valence-electron chi connectivity index (χ2n) is 11.6. The van der Waals surface area contributed by atoms with Crippen molar-refractivity contribution in [3.63, 3.8) is 0 Å². The monoisotopic (exact) mass is 539 g/mol. The fraction of sp³-hybridized carbons (Fsp3) is 0.516. The molecule has 0 radical (unpaired) electrons. The number of ether oxygens (including phenoxy) is 1. The van der Waals surface area contributed by atoms with Gasteiger partial charge in [-0.25, -0.2) is 0 Å².